The molecule has 0 unspecified atom stereocenters. The highest BCUT2D eigenvalue weighted by atomic mass is 35.5. The van der Waals surface area contributed by atoms with Crippen molar-refractivity contribution >= 4 is 34.9 Å². The number of hydrogen-bond donors (Lipinski definition) is 0. The Morgan fingerprint density at radius 2 is 1.35 bits per heavy atom. The molecule has 124 valence electrons. The van der Waals surface area contributed by atoms with E-state index in [2.05, 4.69) is 4.99 Å². The van der Waals surface area contributed by atoms with Crippen LogP contribution in [0.5, 0.6) is 0 Å². The van der Waals surface area contributed by atoms with Crippen LogP contribution in [0.1, 0.15) is 31.8 Å². The van der Waals surface area contributed by atoms with Gasteiger partial charge in [-0.2, -0.15) is 4.99 Å². The van der Waals surface area contributed by atoms with E-state index in [1.807, 2.05) is 0 Å². The Labute approximate surface area is 153 Å². The normalized spacial score (nSPS) is 12.2. The smallest absolute Gasteiger partial charge is 0.240 e. The van der Waals surface area contributed by atoms with E-state index in [4.69, 9.17) is 11.6 Å². The molecule has 0 aromatic heterocycles. The lowest BCUT2D eigenvalue weighted by Gasteiger charge is -2.21. The highest BCUT2D eigenvalue weighted by Gasteiger charge is 2.34. The summed E-state index contributed by atoms with van der Waals surface area (Å²) in [5.41, 5.74) is 2.49. The number of aliphatic imine (C=N–C) groups is 1. The van der Waals surface area contributed by atoms with Gasteiger partial charge in [0.2, 0.25) is 6.08 Å². The van der Waals surface area contributed by atoms with Gasteiger partial charge < -0.3 is 0 Å². The number of carbonyl (C=O) groups excluding carboxylic acids is 3. The van der Waals surface area contributed by atoms with Crippen LogP contribution in [-0.2, 0) is 4.79 Å². The molecule has 0 amide bonds. The molecule has 5 heteroatoms. The molecule has 0 bridgehead atoms. The molecule has 1 aliphatic carbocycles. The molecule has 3 aromatic carbocycles. The van der Waals surface area contributed by atoms with Crippen molar-refractivity contribution in [3.63, 3.8) is 0 Å². The first-order valence-corrected chi connectivity index (χ1v) is 8.19. The van der Waals surface area contributed by atoms with Gasteiger partial charge in [-0.1, -0.05) is 54.1 Å². The second kappa shape index (κ2) is 6.19. The van der Waals surface area contributed by atoms with Crippen LogP contribution < -0.4 is 0 Å². The Morgan fingerprint density at radius 1 is 0.731 bits per heavy atom. The third-order valence-corrected chi connectivity index (χ3v) is 4.63. The van der Waals surface area contributed by atoms with Gasteiger partial charge in [-0.05, 0) is 29.3 Å². The minimum absolute atomic E-state index is 0.129. The van der Waals surface area contributed by atoms with Crippen molar-refractivity contribution in [1.29, 1.82) is 0 Å². The quantitative estimate of drug-likeness (QED) is 0.383. The summed E-state index contributed by atoms with van der Waals surface area (Å²) in [7, 11) is 0. The van der Waals surface area contributed by atoms with Crippen LogP contribution in [0.15, 0.2) is 65.7 Å². The molecule has 3 aromatic rings. The summed E-state index contributed by atoms with van der Waals surface area (Å²) in [6.07, 6.45) is 1.45. The Balaban J connectivity index is 2.07. The zero-order valence-corrected chi connectivity index (χ0v) is 14.1. The highest BCUT2D eigenvalue weighted by Crippen LogP contribution is 2.39. The van der Waals surface area contributed by atoms with Crippen LogP contribution >= 0.6 is 11.6 Å². The predicted octanol–water partition coefficient (Wildman–Crippen LogP) is 4.75. The average Bonchev–Trinajstić information content (AvgIpc) is 2.67. The van der Waals surface area contributed by atoms with Crippen molar-refractivity contribution in [2.45, 2.75) is 0 Å². The first-order valence-electron chi connectivity index (χ1n) is 7.81. The Morgan fingerprint density at radius 3 is 1.96 bits per heavy atom. The van der Waals surface area contributed by atoms with Crippen LogP contribution in [-0.4, -0.2) is 17.6 Å². The van der Waals surface area contributed by atoms with Crippen LogP contribution in [0.2, 0.25) is 5.02 Å². The van der Waals surface area contributed by atoms with E-state index in [9.17, 15) is 14.4 Å². The number of benzene rings is 3. The summed E-state index contributed by atoms with van der Waals surface area (Å²) in [6, 6.07) is 16.8. The van der Waals surface area contributed by atoms with E-state index < -0.39 is 0 Å². The van der Waals surface area contributed by atoms with Gasteiger partial charge in [-0.25, -0.2) is 4.79 Å². The van der Waals surface area contributed by atoms with E-state index in [0.29, 0.717) is 21.7 Å². The van der Waals surface area contributed by atoms with Crippen molar-refractivity contribution in [3.8, 4) is 11.1 Å². The van der Waals surface area contributed by atoms with E-state index >= 15 is 0 Å². The summed E-state index contributed by atoms with van der Waals surface area (Å²) in [6.45, 7) is 0. The molecule has 0 heterocycles. The average molecular weight is 360 g/mol. The number of halogens is 1. The fourth-order valence-electron chi connectivity index (χ4n) is 3.22. The second-order valence-electron chi connectivity index (χ2n) is 5.80. The van der Waals surface area contributed by atoms with Gasteiger partial charge in [-0.3, -0.25) is 9.59 Å². The van der Waals surface area contributed by atoms with Crippen LogP contribution in [0.4, 0.5) is 5.69 Å². The van der Waals surface area contributed by atoms with Crippen molar-refractivity contribution < 1.29 is 14.4 Å². The van der Waals surface area contributed by atoms with Gasteiger partial charge in [0.05, 0.1) is 11.3 Å². The summed E-state index contributed by atoms with van der Waals surface area (Å²) in [5.74, 6) is -0.608. The molecular weight excluding hydrogens is 350 g/mol. The second-order valence-corrected chi connectivity index (χ2v) is 6.23. The topological polar surface area (TPSA) is 63.6 Å². The molecule has 1 aliphatic rings. The van der Waals surface area contributed by atoms with E-state index in [1.165, 1.54) is 6.08 Å². The van der Waals surface area contributed by atoms with Gasteiger partial charge in [0.1, 0.15) is 0 Å². The Bertz CT molecular complexity index is 1130. The van der Waals surface area contributed by atoms with Crippen molar-refractivity contribution in [1.82, 2.24) is 0 Å². The van der Waals surface area contributed by atoms with Gasteiger partial charge in [0.15, 0.2) is 11.6 Å². The molecule has 0 saturated heterocycles. The highest BCUT2D eigenvalue weighted by molar-refractivity contribution is 6.32. The van der Waals surface area contributed by atoms with E-state index in [-0.39, 0.29) is 28.4 Å². The number of ketones is 2. The minimum Gasteiger partial charge on any atom is -0.289 e. The van der Waals surface area contributed by atoms with E-state index in [1.54, 1.807) is 60.7 Å². The number of nitrogens with zero attached hydrogens (tertiary/aromatic N) is 1. The van der Waals surface area contributed by atoms with Gasteiger partial charge >= 0.3 is 0 Å². The Kier molecular flexibility index (Phi) is 3.85. The number of rotatable bonds is 2. The molecule has 4 nitrogen and oxygen atoms in total. The number of hydrogen-bond acceptors (Lipinski definition) is 4. The molecule has 0 saturated carbocycles. The number of fused-ring (bicyclic) bond motifs is 2. The van der Waals surface area contributed by atoms with Crippen LogP contribution in [0.3, 0.4) is 0 Å². The third kappa shape index (κ3) is 2.40. The zero-order chi connectivity index (χ0) is 18.3. The van der Waals surface area contributed by atoms with E-state index in [0.717, 1.165) is 5.56 Å². The SMILES string of the molecule is O=C=Nc1ccc(-c2ccc(Cl)cc2)c2c1C(=O)c1ccccc1C2=O. The molecular formula is C21H10ClNO3. The van der Waals surface area contributed by atoms with Crippen LogP contribution in [0.25, 0.3) is 11.1 Å². The predicted molar refractivity (Wildman–Crippen MR) is 98.0 cm³/mol. The molecule has 0 radical (unpaired) electrons. The third-order valence-electron chi connectivity index (χ3n) is 4.38. The molecule has 26 heavy (non-hydrogen) atoms. The van der Waals surface area contributed by atoms with Crippen molar-refractivity contribution in [2.75, 3.05) is 0 Å². The summed E-state index contributed by atoms with van der Waals surface area (Å²) < 4.78 is 0. The molecule has 0 fully saturated rings. The molecule has 0 aliphatic heterocycles. The summed E-state index contributed by atoms with van der Waals surface area (Å²) in [4.78, 5) is 40.6. The van der Waals surface area contributed by atoms with Gasteiger partial charge in [0.25, 0.3) is 0 Å². The first kappa shape index (κ1) is 16.2. The molecule has 0 atom stereocenters. The van der Waals surface area contributed by atoms with Crippen molar-refractivity contribution in [3.05, 3.63) is 87.9 Å². The summed E-state index contributed by atoms with van der Waals surface area (Å²) >= 11 is 5.95. The minimum atomic E-state index is -0.333. The maximum Gasteiger partial charge on any atom is 0.240 e. The monoisotopic (exact) mass is 359 g/mol. The van der Waals surface area contributed by atoms with Crippen LogP contribution in [0, 0.1) is 0 Å². The van der Waals surface area contributed by atoms with Gasteiger partial charge in [-0.15, -0.1) is 0 Å². The largest absolute Gasteiger partial charge is 0.289 e. The standard InChI is InChI=1S/C21H10ClNO3/c22-13-7-5-12(6-8-13)14-9-10-17(23-11-24)19-18(14)20(25)15-3-1-2-4-16(15)21(19)26/h1-10H. The lowest BCUT2D eigenvalue weighted by atomic mass is 9.79. The molecule has 0 spiro atoms. The maximum atomic E-state index is 13.2. The molecule has 4 rings (SSSR count). The summed E-state index contributed by atoms with van der Waals surface area (Å²) in [5, 5.41) is 0.567. The number of isocyanates is 1. The fraction of sp³-hybridized carbons (Fsp3) is 0. The van der Waals surface area contributed by atoms with Crippen molar-refractivity contribution in [2.24, 2.45) is 4.99 Å². The maximum absolute atomic E-state index is 13.2. The number of carbonyl (C=O) groups is 2. The lowest BCUT2D eigenvalue weighted by molar-refractivity contribution is 0.0980. The zero-order valence-electron chi connectivity index (χ0n) is 13.3. The fourth-order valence-corrected chi connectivity index (χ4v) is 3.34. The van der Waals surface area contributed by atoms with Gasteiger partial charge in [0, 0.05) is 21.7 Å². The Hall–Kier alpha value is -3.33. The molecule has 0 N–H and O–H groups in total. The first-order chi connectivity index (χ1) is 12.6. The lowest BCUT2D eigenvalue weighted by Crippen LogP contribution is -2.22.